The molecule has 1 atom stereocenters. The van der Waals surface area contributed by atoms with Gasteiger partial charge in [-0.25, -0.2) is 4.98 Å². The lowest BCUT2D eigenvalue weighted by Gasteiger charge is -2.21. The van der Waals surface area contributed by atoms with E-state index in [-0.39, 0.29) is 18.6 Å². The van der Waals surface area contributed by atoms with Crippen molar-refractivity contribution in [1.82, 2.24) is 9.97 Å². The Morgan fingerprint density at radius 2 is 2.17 bits per heavy atom. The van der Waals surface area contributed by atoms with Gasteiger partial charge in [-0.1, -0.05) is 20.8 Å². The first kappa shape index (κ1) is 14.5. The first-order valence-corrected chi connectivity index (χ1v) is 6.20. The van der Waals surface area contributed by atoms with Gasteiger partial charge < -0.3 is 20.9 Å². The molecule has 102 valence electrons. The van der Waals surface area contributed by atoms with Crippen LogP contribution in [0.15, 0.2) is 6.33 Å². The number of rotatable bonds is 7. The number of aliphatic hydroxyl groups excluding tert-OH is 1. The second-order valence-electron chi connectivity index (χ2n) is 4.47. The Labute approximate surface area is 108 Å². The van der Waals surface area contributed by atoms with Crippen LogP contribution in [0.4, 0.5) is 11.5 Å². The molecular weight excluding hydrogens is 232 g/mol. The maximum Gasteiger partial charge on any atom is 0.242 e. The molecule has 0 aliphatic carbocycles. The predicted molar refractivity (Wildman–Crippen MR) is 71.6 cm³/mol. The third kappa shape index (κ3) is 3.73. The smallest absolute Gasteiger partial charge is 0.242 e. The van der Waals surface area contributed by atoms with Crippen molar-refractivity contribution < 1.29 is 9.84 Å². The summed E-state index contributed by atoms with van der Waals surface area (Å²) < 4.78 is 5.42. The number of nitrogens with two attached hydrogens (primary N) is 1. The second kappa shape index (κ2) is 7.00. The number of hydrogen-bond acceptors (Lipinski definition) is 6. The molecule has 0 fully saturated rings. The van der Waals surface area contributed by atoms with E-state index in [4.69, 9.17) is 10.5 Å². The van der Waals surface area contributed by atoms with Gasteiger partial charge in [0.2, 0.25) is 5.88 Å². The van der Waals surface area contributed by atoms with Crippen LogP contribution >= 0.6 is 0 Å². The molecule has 0 saturated heterocycles. The Hall–Kier alpha value is -1.56. The minimum atomic E-state index is -0.0961. The maximum atomic E-state index is 9.28. The Morgan fingerprint density at radius 3 is 2.72 bits per heavy atom. The summed E-state index contributed by atoms with van der Waals surface area (Å²) in [7, 11) is 0. The number of aliphatic hydroxyl groups is 1. The SMILES string of the molecule is CCCOc1ncnc(NC(CO)C(C)C)c1N. The van der Waals surface area contributed by atoms with E-state index in [0.29, 0.717) is 24.0 Å². The summed E-state index contributed by atoms with van der Waals surface area (Å²) in [6.45, 7) is 6.62. The van der Waals surface area contributed by atoms with Crippen molar-refractivity contribution in [3.8, 4) is 5.88 Å². The minimum Gasteiger partial charge on any atom is -0.476 e. The molecule has 0 amide bonds. The Kier molecular flexibility index (Phi) is 5.64. The van der Waals surface area contributed by atoms with E-state index in [1.54, 1.807) is 0 Å². The first-order chi connectivity index (χ1) is 8.60. The van der Waals surface area contributed by atoms with Crippen molar-refractivity contribution in [2.75, 3.05) is 24.3 Å². The van der Waals surface area contributed by atoms with E-state index in [9.17, 15) is 5.11 Å². The molecule has 0 saturated carbocycles. The van der Waals surface area contributed by atoms with Crippen molar-refractivity contribution in [3.63, 3.8) is 0 Å². The van der Waals surface area contributed by atoms with Gasteiger partial charge in [-0.05, 0) is 12.3 Å². The highest BCUT2D eigenvalue weighted by Crippen LogP contribution is 2.25. The Morgan fingerprint density at radius 1 is 1.44 bits per heavy atom. The molecule has 0 bridgehead atoms. The van der Waals surface area contributed by atoms with E-state index >= 15 is 0 Å². The van der Waals surface area contributed by atoms with E-state index < -0.39 is 0 Å². The van der Waals surface area contributed by atoms with Gasteiger partial charge in [0.25, 0.3) is 0 Å². The van der Waals surface area contributed by atoms with Crippen LogP contribution in [0.25, 0.3) is 0 Å². The highest BCUT2D eigenvalue weighted by molar-refractivity contribution is 5.66. The summed E-state index contributed by atoms with van der Waals surface area (Å²) in [4.78, 5) is 8.07. The third-order valence-corrected chi connectivity index (χ3v) is 2.61. The molecule has 0 radical (unpaired) electrons. The molecule has 1 rings (SSSR count). The van der Waals surface area contributed by atoms with Gasteiger partial charge in [-0.2, -0.15) is 4.98 Å². The zero-order valence-electron chi connectivity index (χ0n) is 11.2. The maximum absolute atomic E-state index is 9.28. The lowest BCUT2D eigenvalue weighted by molar-refractivity contribution is 0.249. The number of nitrogens with one attached hydrogen (secondary N) is 1. The van der Waals surface area contributed by atoms with Gasteiger partial charge >= 0.3 is 0 Å². The number of aromatic nitrogens is 2. The molecular formula is C12H22N4O2. The summed E-state index contributed by atoms with van der Waals surface area (Å²) >= 11 is 0. The number of anilines is 2. The standard InChI is InChI=1S/C12H22N4O2/c1-4-5-18-12-10(13)11(14-7-15-12)16-9(6-17)8(2)3/h7-9,17H,4-6,13H2,1-3H3,(H,14,15,16). The molecule has 18 heavy (non-hydrogen) atoms. The average Bonchev–Trinajstić information content (AvgIpc) is 2.35. The number of ether oxygens (including phenoxy) is 1. The lowest BCUT2D eigenvalue weighted by Crippen LogP contribution is -2.30. The monoisotopic (exact) mass is 254 g/mol. The van der Waals surface area contributed by atoms with E-state index in [0.717, 1.165) is 6.42 Å². The van der Waals surface area contributed by atoms with Crippen LogP contribution in [0.5, 0.6) is 5.88 Å². The summed E-state index contributed by atoms with van der Waals surface area (Å²) in [6.07, 6.45) is 2.29. The molecule has 1 aromatic heterocycles. The normalized spacial score (nSPS) is 12.5. The molecule has 4 N–H and O–H groups in total. The van der Waals surface area contributed by atoms with E-state index in [1.165, 1.54) is 6.33 Å². The Balaban J connectivity index is 2.82. The highest BCUT2D eigenvalue weighted by Gasteiger charge is 2.16. The summed E-state index contributed by atoms with van der Waals surface area (Å²) in [6, 6.07) is -0.0961. The van der Waals surface area contributed by atoms with Crippen LogP contribution in [-0.2, 0) is 0 Å². The van der Waals surface area contributed by atoms with Crippen LogP contribution in [0, 0.1) is 5.92 Å². The van der Waals surface area contributed by atoms with Crippen LogP contribution in [0.1, 0.15) is 27.2 Å². The molecule has 0 aliphatic heterocycles. The zero-order chi connectivity index (χ0) is 13.5. The molecule has 6 nitrogen and oxygen atoms in total. The molecule has 1 aromatic rings. The molecule has 0 spiro atoms. The van der Waals surface area contributed by atoms with Gasteiger partial charge in [-0.15, -0.1) is 0 Å². The minimum absolute atomic E-state index is 0.0201. The molecule has 6 heteroatoms. The van der Waals surface area contributed by atoms with E-state index in [1.807, 2.05) is 20.8 Å². The number of nitrogen functional groups attached to an aromatic ring is 1. The fraction of sp³-hybridized carbons (Fsp3) is 0.667. The van der Waals surface area contributed by atoms with Crippen LogP contribution < -0.4 is 15.8 Å². The van der Waals surface area contributed by atoms with E-state index in [2.05, 4.69) is 15.3 Å². The van der Waals surface area contributed by atoms with Gasteiger partial charge in [0.1, 0.15) is 12.0 Å². The average molecular weight is 254 g/mol. The summed E-state index contributed by atoms with van der Waals surface area (Å²) in [5.74, 6) is 1.16. The fourth-order valence-corrected chi connectivity index (χ4v) is 1.41. The second-order valence-corrected chi connectivity index (χ2v) is 4.47. The molecule has 1 unspecified atom stereocenters. The van der Waals surface area contributed by atoms with Crippen LogP contribution in [0.3, 0.4) is 0 Å². The van der Waals surface area contributed by atoms with Gasteiger partial charge in [-0.3, -0.25) is 0 Å². The zero-order valence-corrected chi connectivity index (χ0v) is 11.2. The lowest BCUT2D eigenvalue weighted by atomic mass is 10.1. The quantitative estimate of drug-likeness (QED) is 0.678. The highest BCUT2D eigenvalue weighted by atomic mass is 16.5. The fourth-order valence-electron chi connectivity index (χ4n) is 1.41. The largest absolute Gasteiger partial charge is 0.476 e. The number of hydrogen-bond donors (Lipinski definition) is 3. The van der Waals surface area contributed by atoms with Crippen molar-refractivity contribution in [2.24, 2.45) is 5.92 Å². The van der Waals surface area contributed by atoms with Crippen molar-refractivity contribution >= 4 is 11.5 Å². The van der Waals surface area contributed by atoms with Gasteiger partial charge in [0, 0.05) is 0 Å². The molecule has 0 aliphatic rings. The third-order valence-electron chi connectivity index (χ3n) is 2.61. The molecule has 0 aromatic carbocycles. The van der Waals surface area contributed by atoms with Gasteiger partial charge in [0.05, 0.1) is 19.3 Å². The summed E-state index contributed by atoms with van der Waals surface area (Å²) in [5.41, 5.74) is 6.31. The van der Waals surface area contributed by atoms with Crippen molar-refractivity contribution in [3.05, 3.63) is 6.33 Å². The summed E-state index contributed by atoms with van der Waals surface area (Å²) in [5, 5.41) is 12.4. The topological polar surface area (TPSA) is 93.3 Å². The number of nitrogens with zero attached hydrogens (tertiary/aromatic N) is 2. The molecule has 1 heterocycles. The first-order valence-electron chi connectivity index (χ1n) is 6.20. The van der Waals surface area contributed by atoms with Crippen molar-refractivity contribution in [1.29, 1.82) is 0 Å². The predicted octanol–water partition coefficient (Wildman–Crippen LogP) is 1.28. The van der Waals surface area contributed by atoms with Gasteiger partial charge in [0.15, 0.2) is 5.82 Å². The van der Waals surface area contributed by atoms with Crippen LogP contribution in [-0.4, -0.2) is 34.3 Å². The van der Waals surface area contributed by atoms with Crippen LogP contribution in [0.2, 0.25) is 0 Å². The van der Waals surface area contributed by atoms with Crippen molar-refractivity contribution in [2.45, 2.75) is 33.2 Å². The Bertz CT molecular complexity index is 371.